The molecule has 0 aliphatic carbocycles. The lowest BCUT2D eigenvalue weighted by atomic mass is 10.1. The van der Waals surface area contributed by atoms with Crippen molar-refractivity contribution in [2.24, 2.45) is 5.73 Å². The summed E-state index contributed by atoms with van der Waals surface area (Å²) in [6.45, 7) is 0. The van der Waals surface area contributed by atoms with Gasteiger partial charge in [-0.05, 0) is 33.1 Å². The number of rotatable bonds is 3. The van der Waals surface area contributed by atoms with Crippen molar-refractivity contribution in [3.8, 4) is 0 Å². The maximum absolute atomic E-state index is 11.1. The number of pyridine rings is 1. The molecule has 0 unspecified atom stereocenters. The van der Waals surface area contributed by atoms with Crippen molar-refractivity contribution in [1.82, 2.24) is 4.98 Å². The summed E-state index contributed by atoms with van der Waals surface area (Å²) in [5, 5.41) is 0.0115. The van der Waals surface area contributed by atoms with E-state index in [9.17, 15) is 4.79 Å². The summed E-state index contributed by atoms with van der Waals surface area (Å²) in [7, 11) is 1.14. The summed E-state index contributed by atoms with van der Waals surface area (Å²) < 4.78 is 0. The van der Waals surface area contributed by atoms with Gasteiger partial charge in [-0.1, -0.05) is 0 Å². The second-order valence-corrected chi connectivity index (χ2v) is 4.44. The lowest BCUT2D eigenvalue weighted by Gasteiger charge is -2.06. The SMILES string of the molecule is N[C@@H](Cc1ccncc1)C(=O)SI. The van der Waals surface area contributed by atoms with Crippen LogP contribution in [0.15, 0.2) is 24.5 Å². The molecule has 3 nitrogen and oxygen atoms in total. The number of nitrogens with two attached hydrogens (primary N) is 1. The van der Waals surface area contributed by atoms with Gasteiger partial charge in [0.2, 0.25) is 5.12 Å². The van der Waals surface area contributed by atoms with E-state index in [1.165, 1.54) is 0 Å². The van der Waals surface area contributed by atoms with Gasteiger partial charge in [-0.15, -0.1) is 0 Å². The summed E-state index contributed by atoms with van der Waals surface area (Å²) in [4.78, 5) is 15.0. The van der Waals surface area contributed by atoms with Crippen LogP contribution in [-0.4, -0.2) is 16.1 Å². The van der Waals surface area contributed by atoms with E-state index in [2.05, 4.69) is 4.98 Å². The molecule has 0 bridgehead atoms. The third kappa shape index (κ3) is 3.61. The molecule has 0 aliphatic rings. The Morgan fingerprint density at radius 2 is 2.23 bits per heavy atom. The zero-order valence-corrected chi connectivity index (χ0v) is 9.79. The molecule has 1 aromatic heterocycles. The average Bonchev–Trinajstić information content (AvgIpc) is 2.18. The molecule has 5 heteroatoms. The number of carbonyl (C=O) groups is 1. The molecule has 1 atom stereocenters. The second-order valence-electron chi connectivity index (χ2n) is 2.56. The fourth-order valence-corrected chi connectivity index (χ4v) is 2.09. The molecular formula is C8H9IN2OS. The van der Waals surface area contributed by atoms with Gasteiger partial charge in [-0.25, -0.2) is 0 Å². The van der Waals surface area contributed by atoms with Crippen LogP contribution in [0.2, 0.25) is 0 Å². The second kappa shape index (κ2) is 5.56. The van der Waals surface area contributed by atoms with E-state index >= 15 is 0 Å². The molecule has 1 heterocycles. The highest BCUT2D eigenvalue weighted by atomic mass is 127. The Labute approximate surface area is 93.1 Å². The van der Waals surface area contributed by atoms with Gasteiger partial charge in [0.15, 0.2) is 0 Å². The fourth-order valence-electron chi connectivity index (χ4n) is 0.913. The normalized spacial score (nSPS) is 12.5. The van der Waals surface area contributed by atoms with Crippen molar-refractivity contribution in [2.45, 2.75) is 12.5 Å². The Morgan fingerprint density at radius 3 is 2.77 bits per heavy atom. The van der Waals surface area contributed by atoms with Gasteiger partial charge in [0, 0.05) is 33.6 Å². The average molecular weight is 308 g/mol. The summed E-state index contributed by atoms with van der Waals surface area (Å²) in [5.74, 6) is 0. The molecule has 0 spiro atoms. The molecule has 1 aromatic rings. The number of hydrogen-bond donors (Lipinski definition) is 1. The van der Waals surface area contributed by atoms with E-state index in [0.29, 0.717) is 6.42 Å². The Morgan fingerprint density at radius 1 is 1.62 bits per heavy atom. The monoisotopic (exact) mass is 308 g/mol. The predicted molar refractivity (Wildman–Crippen MR) is 62.5 cm³/mol. The molecule has 0 saturated carbocycles. The van der Waals surface area contributed by atoms with Crippen LogP contribution in [0.3, 0.4) is 0 Å². The maximum Gasteiger partial charge on any atom is 0.216 e. The first-order valence-corrected chi connectivity index (χ1v) is 7.07. The molecular weight excluding hydrogens is 299 g/mol. The summed E-state index contributed by atoms with van der Waals surface area (Å²) in [6.07, 6.45) is 3.98. The van der Waals surface area contributed by atoms with Gasteiger partial charge in [0.05, 0.1) is 6.04 Å². The summed E-state index contributed by atoms with van der Waals surface area (Å²) in [5.41, 5.74) is 6.71. The molecule has 0 aliphatic heterocycles. The molecule has 0 amide bonds. The van der Waals surface area contributed by atoms with Crippen molar-refractivity contribution >= 4 is 35.3 Å². The Balaban J connectivity index is 2.55. The first-order chi connectivity index (χ1) is 6.24. The van der Waals surface area contributed by atoms with Gasteiger partial charge in [0.1, 0.15) is 0 Å². The molecule has 0 saturated heterocycles. The van der Waals surface area contributed by atoms with E-state index in [0.717, 1.165) is 14.5 Å². The molecule has 13 heavy (non-hydrogen) atoms. The highest BCUT2D eigenvalue weighted by molar-refractivity contribution is 14.2. The van der Waals surface area contributed by atoms with Crippen LogP contribution < -0.4 is 5.73 Å². The minimum Gasteiger partial charge on any atom is -0.320 e. The van der Waals surface area contributed by atoms with Gasteiger partial charge >= 0.3 is 0 Å². The number of carbonyl (C=O) groups excluding carboxylic acids is 1. The minimum absolute atomic E-state index is 0.0115. The van der Waals surface area contributed by atoms with Crippen LogP contribution in [0.4, 0.5) is 0 Å². The Hall–Kier alpha value is -0.140. The third-order valence-electron chi connectivity index (χ3n) is 1.58. The fraction of sp³-hybridized carbons (Fsp3) is 0.250. The molecule has 0 aromatic carbocycles. The summed E-state index contributed by atoms with van der Waals surface area (Å²) in [6, 6.07) is 3.32. The van der Waals surface area contributed by atoms with E-state index in [-0.39, 0.29) is 5.12 Å². The number of halogens is 1. The van der Waals surface area contributed by atoms with Gasteiger partial charge in [-0.3, -0.25) is 9.78 Å². The zero-order chi connectivity index (χ0) is 9.68. The Bertz CT molecular complexity index is 281. The van der Waals surface area contributed by atoms with Crippen LogP contribution in [0, 0.1) is 0 Å². The maximum atomic E-state index is 11.1. The van der Waals surface area contributed by atoms with Gasteiger partial charge in [-0.2, -0.15) is 0 Å². The van der Waals surface area contributed by atoms with E-state index in [1.807, 2.05) is 33.3 Å². The minimum atomic E-state index is -0.413. The highest BCUT2D eigenvalue weighted by Gasteiger charge is 2.12. The van der Waals surface area contributed by atoms with Crippen LogP contribution in [0.1, 0.15) is 5.56 Å². The standard InChI is InChI=1S/C8H9IN2OS/c9-13-8(12)7(10)5-6-1-3-11-4-2-6/h1-4,7H,5,10H2/t7-/m0/s1. The Kier molecular flexibility index (Phi) is 4.68. The molecule has 2 N–H and O–H groups in total. The van der Waals surface area contributed by atoms with Crippen molar-refractivity contribution in [1.29, 1.82) is 0 Å². The largest absolute Gasteiger partial charge is 0.320 e. The molecule has 0 radical (unpaired) electrons. The predicted octanol–water partition coefficient (Wildman–Crippen LogP) is 1.56. The van der Waals surface area contributed by atoms with Crippen molar-refractivity contribution in [3.63, 3.8) is 0 Å². The first kappa shape index (κ1) is 10.9. The third-order valence-corrected chi connectivity index (χ3v) is 3.34. The summed E-state index contributed by atoms with van der Waals surface area (Å²) >= 11 is 1.95. The van der Waals surface area contributed by atoms with Crippen molar-refractivity contribution in [2.75, 3.05) is 0 Å². The lowest BCUT2D eigenvalue weighted by Crippen LogP contribution is -2.29. The van der Waals surface area contributed by atoms with Crippen LogP contribution in [0.5, 0.6) is 0 Å². The topological polar surface area (TPSA) is 56.0 Å². The van der Waals surface area contributed by atoms with E-state index < -0.39 is 6.04 Å². The van der Waals surface area contributed by atoms with Crippen LogP contribution in [0.25, 0.3) is 0 Å². The van der Waals surface area contributed by atoms with Crippen LogP contribution >= 0.6 is 30.1 Å². The van der Waals surface area contributed by atoms with Gasteiger partial charge < -0.3 is 5.73 Å². The highest BCUT2D eigenvalue weighted by Crippen LogP contribution is 2.15. The quantitative estimate of drug-likeness (QED) is 0.861. The van der Waals surface area contributed by atoms with E-state index in [1.54, 1.807) is 12.4 Å². The first-order valence-electron chi connectivity index (χ1n) is 3.71. The van der Waals surface area contributed by atoms with Gasteiger partial charge in [0.25, 0.3) is 0 Å². The van der Waals surface area contributed by atoms with Crippen molar-refractivity contribution in [3.05, 3.63) is 30.1 Å². The van der Waals surface area contributed by atoms with Crippen molar-refractivity contribution < 1.29 is 4.79 Å². The van der Waals surface area contributed by atoms with Crippen LogP contribution in [-0.2, 0) is 11.2 Å². The number of hydrogen-bond acceptors (Lipinski definition) is 4. The molecule has 70 valence electrons. The molecule has 0 fully saturated rings. The number of aromatic nitrogens is 1. The molecule has 1 rings (SSSR count). The lowest BCUT2D eigenvalue weighted by molar-refractivity contribution is -0.111. The number of nitrogens with zero attached hydrogens (tertiary/aromatic N) is 1. The van der Waals surface area contributed by atoms with E-state index in [4.69, 9.17) is 5.73 Å². The smallest absolute Gasteiger partial charge is 0.216 e. The zero-order valence-electron chi connectivity index (χ0n) is 6.81.